The molecular weight excluding hydrogens is 210 g/mol. The van der Waals surface area contributed by atoms with Gasteiger partial charge in [0, 0.05) is 18.3 Å². The molecule has 0 aliphatic heterocycles. The highest BCUT2D eigenvalue weighted by Crippen LogP contribution is 2.12. The van der Waals surface area contributed by atoms with E-state index in [0.717, 1.165) is 13.1 Å². The van der Waals surface area contributed by atoms with Crippen LogP contribution in [0.3, 0.4) is 0 Å². The van der Waals surface area contributed by atoms with Crippen LogP contribution in [0, 0.1) is 20.8 Å². The second-order valence-corrected chi connectivity index (χ2v) is 5.02. The zero-order valence-electron chi connectivity index (χ0n) is 12.0. The molecule has 0 spiro atoms. The van der Waals surface area contributed by atoms with Crippen molar-refractivity contribution in [3.8, 4) is 0 Å². The van der Waals surface area contributed by atoms with Gasteiger partial charge in [-0.15, -0.1) is 0 Å². The second kappa shape index (κ2) is 6.80. The molecule has 1 N–H and O–H groups in total. The summed E-state index contributed by atoms with van der Waals surface area (Å²) in [6.45, 7) is 13.0. The predicted octanol–water partition coefficient (Wildman–Crippen LogP) is 2.98. The van der Waals surface area contributed by atoms with E-state index in [9.17, 15) is 0 Å². The van der Waals surface area contributed by atoms with Crippen molar-refractivity contribution < 1.29 is 0 Å². The number of nitrogens with zero attached hydrogens (tertiary/aromatic N) is 2. The summed E-state index contributed by atoms with van der Waals surface area (Å²) in [7, 11) is 0. The third kappa shape index (κ3) is 4.15. The molecule has 17 heavy (non-hydrogen) atoms. The van der Waals surface area contributed by atoms with E-state index in [1.807, 2.05) is 0 Å². The van der Waals surface area contributed by atoms with Crippen LogP contribution in [0.5, 0.6) is 0 Å². The van der Waals surface area contributed by atoms with Crippen LogP contribution < -0.4 is 5.32 Å². The van der Waals surface area contributed by atoms with Crippen LogP contribution in [0.2, 0.25) is 0 Å². The number of hydrogen-bond acceptors (Lipinski definition) is 2. The van der Waals surface area contributed by atoms with Gasteiger partial charge in [-0.05, 0) is 59.1 Å². The summed E-state index contributed by atoms with van der Waals surface area (Å²) in [4.78, 5) is 0. The molecule has 0 bridgehead atoms. The Morgan fingerprint density at radius 3 is 2.53 bits per heavy atom. The summed E-state index contributed by atoms with van der Waals surface area (Å²) in [5, 5.41) is 8.09. The minimum atomic E-state index is 0.619. The molecule has 0 aliphatic carbocycles. The van der Waals surface area contributed by atoms with Crippen molar-refractivity contribution in [1.82, 2.24) is 15.1 Å². The van der Waals surface area contributed by atoms with E-state index in [4.69, 9.17) is 0 Å². The first-order valence-corrected chi connectivity index (χ1v) is 6.80. The fourth-order valence-electron chi connectivity index (χ4n) is 2.04. The Morgan fingerprint density at radius 1 is 1.29 bits per heavy atom. The summed E-state index contributed by atoms with van der Waals surface area (Å²) < 4.78 is 2.15. The van der Waals surface area contributed by atoms with E-state index in [2.05, 4.69) is 49.7 Å². The Bertz CT molecular complexity index is 341. The average molecular weight is 237 g/mol. The molecule has 1 unspecified atom stereocenters. The summed E-state index contributed by atoms with van der Waals surface area (Å²) in [6.07, 6.45) is 3.62. The van der Waals surface area contributed by atoms with Crippen LogP contribution in [0.1, 0.15) is 50.1 Å². The lowest BCUT2D eigenvalue weighted by Gasteiger charge is -2.13. The van der Waals surface area contributed by atoms with Gasteiger partial charge >= 0.3 is 0 Å². The molecule has 1 aromatic rings. The van der Waals surface area contributed by atoms with Crippen LogP contribution >= 0.6 is 0 Å². The quantitative estimate of drug-likeness (QED) is 0.790. The van der Waals surface area contributed by atoms with Gasteiger partial charge in [-0.1, -0.05) is 6.92 Å². The van der Waals surface area contributed by atoms with Crippen LogP contribution in [0.15, 0.2) is 0 Å². The lowest BCUT2D eigenvalue weighted by atomic mass is 10.2. The fourth-order valence-corrected chi connectivity index (χ4v) is 2.04. The first-order chi connectivity index (χ1) is 8.06. The highest BCUT2D eigenvalue weighted by molar-refractivity contribution is 5.21. The molecule has 3 nitrogen and oxygen atoms in total. The van der Waals surface area contributed by atoms with Gasteiger partial charge < -0.3 is 5.32 Å². The molecule has 0 radical (unpaired) electrons. The molecule has 98 valence electrons. The van der Waals surface area contributed by atoms with Crippen molar-refractivity contribution in [3.05, 3.63) is 17.0 Å². The minimum absolute atomic E-state index is 0.619. The molecule has 0 fully saturated rings. The van der Waals surface area contributed by atoms with Crippen LogP contribution in [-0.2, 0) is 6.54 Å². The summed E-state index contributed by atoms with van der Waals surface area (Å²) in [5.74, 6) is 0. The molecule has 1 heterocycles. The molecule has 1 rings (SSSR count). The van der Waals surface area contributed by atoms with E-state index in [-0.39, 0.29) is 0 Å². The molecule has 0 saturated heterocycles. The predicted molar refractivity (Wildman–Crippen MR) is 73.4 cm³/mol. The van der Waals surface area contributed by atoms with E-state index >= 15 is 0 Å². The number of aromatic nitrogens is 2. The molecule has 0 aliphatic rings. The third-order valence-corrected chi connectivity index (χ3v) is 3.49. The maximum absolute atomic E-state index is 4.57. The molecule has 0 saturated carbocycles. The Hall–Kier alpha value is -0.830. The van der Waals surface area contributed by atoms with Crippen LogP contribution in [-0.4, -0.2) is 22.4 Å². The third-order valence-electron chi connectivity index (χ3n) is 3.49. The smallest absolute Gasteiger partial charge is 0.0625 e. The van der Waals surface area contributed by atoms with Crippen molar-refractivity contribution in [3.63, 3.8) is 0 Å². The van der Waals surface area contributed by atoms with E-state index in [1.54, 1.807) is 0 Å². The largest absolute Gasteiger partial charge is 0.314 e. The highest BCUT2D eigenvalue weighted by atomic mass is 15.3. The Morgan fingerprint density at radius 2 is 2.00 bits per heavy atom. The molecule has 1 aromatic heterocycles. The summed E-state index contributed by atoms with van der Waals surface area (Å²) >= 11 is 0. The number of hydrogen-bond donors (Lipinski definition) is 1. The number of aryl methyl sites for hydroxylation is 2. The molecule has 3 heteroatoms. The Balaban J connectivity index is 2.33. The van der Waals surface area contributed by atoms with Gasteiger partial charge in [0.1, 0.15) is 0 Å². The zero-order chi connectivity index (χ0) is 12.8. The van der Waals surface area contributed by atoms with E-state index in [1.165, 1.54) is 36.2 Å². The first-order valence-electron chi connectivity index (χ1n) is 6.80. The minimum Gasteiger partial charge on any atom is -0.314 e. The first kappa shape index (κ1) is 14.2. The maximum Gasteiger partial charge on any atom is 0.0625 e. The van der Waals surface area contributed by atoms with Gasteiger partial charge in [0.25, 0.3) is 0 Å². The number of nitrogens with one attached hydrogen (secondary N) is 1. The monoisotopic (exact) mass is 237 g/mol. The Labute approximate surface area is 106 Å². The van der Waals surface area contributed by atoms with Crippen molar-refractivity contribution in [2.75, 3.05) is 6.54 Å². The fraction of sp³-hybridized carbons (Fsp3) is 0.786. The lowest BCUT2D eigenvalue weighted by molar-refractivity contribution is 0.459. The second-order valence-electron chi connectivity index (χ2n) is 5.02. The molecule has 0 aromatic carbocycles. The maximum atomic E-state index is 4.57. The van der Waals surface area contributed by atoms with Gasteiger partial charge in [0.05, 0.1) is 5.69 Å². The van der Waals surface area contributed by atoms with Gasteiger partial charge in [0.2, 0.25) is 0 Å². The average Bonchev–Trinajstić information content (AvgIpc) is 2.54. The topological polar surface area (TPSA) is 29.9 Å². The van der Waals surface area contributed by atoms with Gasteiger partial charge in [-0.2, -0.15) is 5.10 Å². The van der Waals surface area contributed by atoms with Crippen molar-refractivity contribution in [1.29, 1.82) is 0 Å². The molecular formula is C14H27N3. The van der Waals surface area contributed by atoms with Gasteiger partial charge in [-0.3, -0.25) is 4.68 Å². The van der Waals surface area contributed by atoms with Crippen molar-refractivity contribution >= 4 is 0 Å². The van der Waals surface area contributed by atoms with Crippen molar-refractivity contribution in [2.24, 2.45) is 0 Å². The number of rotatable bonds is 7. The van der Waals surface area contributed by atoms with E-state index < -0.39 is 0 Å². The highest BCUT2D eigenvalue weighted by Gasteiger charge is 2.07. The summed E-state index contributed by atoms with van der Waals surface area (Å²) in [6, 6.07) is 0.619. The van der Waals surface area contributed by atoms with Crippen molar-refractivity contribution in [2.45, 2.75) is 66.5 Å². The molecule has 0 amide bonds. The standard InChI is InChI=1S/C14H27N3/c1-6-9-15-11(2)8-7-10-17-14(5)12(3)13(4)16-17/h11,15H,6-10H2,1-5H3. The SMILES string of the molecule is CCCNC(C)CCCn1nc(C)c(C)c1C. The summed E-state index contributed by atoms with van der Waals surface area (Å²) in [5.41, 5.74) is 3.82. The van der Waals surface area contributed by atoms with E-state index in [0.29, 0.717) is 6.04 Å². The lowest BCUT2D eigenvalue weighted by Crippen LogP contribution is -2.26. The zero-order valence-corrected chi connectivity index (χ0v) is 12.0. The molecule has 1 atom stereocenters. The Kier molecular flexibility index (Phi) is 5.69. The van der Waals surface area contributed by atoms with Gasteiger partial charge in [0.15, 0.2) is 0 Å². The normalized spacial score (nSPS) is 13.0. The van der Waals surface area contributed by atoms with Crippen LogP contribution in [0.4, 0.5) is 0 Å². The van der Waals surface area contributed by atoms with Crippen LogP contribution in [0.25, 0.3) is 0 Å². The van der Waals surface area contributed by atoms with Gasteiger partial charge in [-0.25, -0.2) is 0 Å².